The molecule has 1 saturated heterocycles. The van der Waals surface area contributed by atoms with Crippen molar-refractivity contribution in [1.29, 1.82) is 0 Å². The van der Waals surface area contributed by atoms with E-state index in [9.17, 15) is 9.90 Å². The topological polar surface area (TPSA) is 67.8 Å². The summed E-state index contributed by atoms with van der Waals surface area (Å²) < 4.78 is 0. The van der Waals surface area contributed by atoms with E-state index in [1.54, 1.807) is 0 Å². The van der Waals surface area contributed by atoms with E-state index < -0.39 is 0 Å². The van der Waals surface area contributed by atoms with Crippen LogP contribution in [-0.2, 0) is 13.0 Å². The van der Waals surface area contributed by atoms with Gasteiger partial charge in [0, 0.05) is 41.9 Å². The van der Waals surface area contributed by atoms with Gasteiger partial charge in [-0.05, 0) is 86.5 Å². The van der Waals surface area contributed by atoms with Gasteiger partial charge in [-0.2, -0.15) is 0 Å². The standard InChI is InChI=1S/C23H32N4O2S/c28-17-21-4-3-13-26(21)12-2-1-11-24-23(29)25-19-5-7-20(8-6-19)27-14-9-22-18(16-27)10-15-30-22/h5-8,10,15,21,28H,1-4,9,11-14,16-17H2,(H2,24,25,29). The Hall–Kier alpha value is -2.09. The predicted molar refractivity (Wildman–Crippen MR) is 123 cm³/mol. The molecule has 7 heteroatoms. The van der Waals surface area contributed by atoms with Crippen molar-refractivity contribution in [3.63, 3.8) is 0 Å². The van der Waals surface area contributed by atoms with Crippen LogP contribution < -0.4 is 15.5 Å². The van der Waals surface area contributed by atoms with Crippen LogP contribution in [0, 0.1) is 0 Å². The van der Waals surface area contributed by atoms with Crippen LogP contribution >= 0.6 is 11.3 Å². The van der Waals surface area contributed by atoms with E-state index >= 15 is 0 Å². The largest absolute Gasteiger partial charge is 0.395 e. The molecule has 0 aliphatic carbocycles. The summed E-state index contributed by atoms with van der Waals surface area (Å²) >= 11 is 1.86. The summed E-state index contributed by atoms with van der Waals surface area (Å²) in [7, 11) is 0. The molecule has 3 heterocycles. The molecule has 6 nitrogen and oxygen atoms in total. The molecule has 1 aromatic heterocycles. The summed E-state index contributed by atoms with van der Waals surface area (Å²) in [5.74, 6) is 0. The fourth-order valence-corrected chi connectivity index (χ4v) is 5.33. The molecule has 3 N–H and O–H groups in total. The van der Waals surface area contributed by atoms with Crippen LogP contribution in [0.5, 0.6) is 0 Å². The fraction of sp³-hybridized carbons (Fsp3) is 0.522. The maximum atomic E-state index is 12.1. The number of likely N-dealkylation sites (tertiary alicyclic amines) is 1. The number of rotatable bonds is 8. The molecule has 30 heavy (non-hydrogen) atoms. The third kappa shape index (κ3) is 5.33. The quantitative estimate of drug-likeness (QED) is 0.561. The summed E-state index contributed by atoms with van der Waals surface area (Å²) in [5.41, 5.74) is 3.44. The molecule has 2 aromatic rings. The zero-order chi connectivity index (χ0) is 20.8. The number of amides is 2. The lowest BCUT2D eigenvalue weighted by Crippen LogP contribution is -2.34. The first-order valence-electron chi connectivity index (χ1n) is 11.0. The summed E-state index contributed by atoms with van der Waals surface area (Å²) in [6.45, 7) is 5.00. The Kier molecular flexibility index (Phi) is 7.25. The van der Waals surface area contributed by atoms with Gasteiger partial charge in [0.1, 0.15) is 0 Å². The number of carbonyl (C=O) groups is 1. The smallest absolute Gasteiger partial charge is 0.319 e. The molecule has 162 valence electrons. The highest BCUT2D eigenvalue weighted by Crippen LogP contribution is 2.28. The number of benzene rings is 1. The monoisotopic (exact) mass is 428 g/mol. The van der Waals surface area contributed by atoms with Crippen molar-refractivity contribution >= 4 is 28.7 Å². The number of hydrogen-bond acceptors (Lipinski definition) is 5. The van der Waals surface area contributed by atoms with Crippen LogP contribution in [0.3, 0.4) is 0 Å². The minimum atomic E-state index is -0.155. The van der Waals surface area contributed by atoms with Crippen molar-refractivity contribution in [2.75, 3.05) is 43.0 Å². The Morgan fingerprint density at radius 2 is 2.03 bits per heavy atom. The number of unbranched alkanes of at least 4 members (excludes halogenated alkanes) is 1. The van der Waals surface area contributed by atoms with E-state index in [1.807, 2.05) is 23.5 Å². The lowest BCUT2D eigenvalue weighted by Gasteiger charge is -2.29. The lowest BCUT2D eigenvalue weighted by atomic mass is 10.1. The number of aliphatic hydroxyl groups excluding tert-OH is 1. The Morgan fingerprint density at radius 1 is 1.17 bits per heavy atom. The summed E-state index contributed by atoms with van der Waals surface area (Å²) in [6.07, 6.45) is 5.36. The van der Waals surface area contributed by atoms with Gasteiger partial charge in [0.15, 0.2) is 0 Å². The van der Waals surface area contributed by atoms with Gasteiger partial charge in [0.25, 0.3) is 0 Å². The fourth-order valence-electron chi connectivity index (χ4n) is 4.44. The third-order valence-corrected chi connectivity index (χ3v) is 7.19. The van der Waals surface area contributed by atoms with E-state index in [-0.39, 0.29) is 12.6 Å². The summed E-state index contributed by atoms with van der Waals surface area (Å²) in [5, 5.41) is 17.4. The molecular formula is C23H32N4O2S. The van der Waals surface area contributed by atoms with Crippen molar-refractivity contribution in [2.24, 2.45) is 0 Å². The van der Waals surface area contributed by atoms with Gasteiger partial charge in [0.05, 0.1) is 6.61 Å². The van der Waals surface area contributed by atoms with Crippen LogP contribution in [0.2, 0.25) is 0 Å². The van der Waals surface area contributed by atoms with Gasteiger partial charge in [0.2, 0.25) is 0 Å². The molecule has 0 radical (unpaired) electrons. The molecule has 0 bridgehead atoms. The maximum absolute atomic E-state index is 12.1. The molecule has 1 fully saturated rings. The first-order chi connectivity index (χ1) is 14.7. The Labute approximate surface area is 182 Å². The second-order valence-corrected chi connectivity index (χ2v) is 9.19. The third-order valence-electron chi connectivity index (χ3n) is 6.17. The van der Waals surface area contributed by atoms with Gasteiger partial charge >= 0.3 is 6.03 Å². The van der Waals surface area contributed by atoms with E-state index in [0.717, 1.165) is 57.5 Å². The highest BCUT2D eigenvalue weighted by molar-refractivity contribution is 7.10. The maximum Gasteiger partial charge on any atom is 0.319 e. The number of carbonyl (C=O) groups excluding carboxylic acids is 1. The first-order valence-corrected chi connectivity index (χ1v) is 11.9. The average molecular weight is 429 g/mol. The van der Waals surface area contributed by atoms with Crippen molar-refractivity contribution in [3.8, 4) is 0 Å². The predicted octanol–water partition coefficient (Wildman–Crippen LogP) is 3.67. The van der Waals surface area contributed by atoms with Crippen LogP contribution in [-0.4, -0.2) is 54.9 Å². The Morgan fingerprint density at radius 3 is 2.87 bits per heavy atom. The van der Waals surface area contributed by atoms with Crippen molar-refractivity contribution in [2.45, 2.75) is 44.7 Å². The van der Waals surface area contributed by atoms with Gasteiger partial charge in [-0.15, -0.1) is 11.3 Å². The Bertz CT molecular complexity index is 823. The van der Waals surface area contributed by atoms with Crippen LogP contribution in [0.4, 0.5) is 16.2 Å². The SMILES string of the molecule is O=C(NCCCCN1CCCC1CO)Nc1ccc(N2CCc3sccc3C2)cc1. The normalized spacial score (nSPS) is 19.0. The molecule has 1 unspecified atom stereocenters. The van der Waals surface area contributed by atoms with Crippen LogP contribution in [0.25, 0.3) is 0 Å². The number of nitrogens with zero attached hydrogens (tertiary/aromatic N) is 2. The number of nitrogens with one attached hydrogen (secondary N) is 2. The van der Waals surface area contributed by atoms with Gasteiger partial charge < -0.3 is 20.6 Å². The number of fused-ring (bicyclic) bond motifs is 1. The molecule has 2 amide bonds. The van der Waals surface area contributed by atoms with Crippen molar-refractivity contribution in [3.05, 3.63) is 46.2 Å². The molecule has 0 saturated carbocycles. The summed E-state index contributed by atoms with van der Waals surface area (Å²) in [4.78, 5) is 18.4. The van der Waals surface area contributed by atoms with Crippen molar-refractivity contribution < 1.29 is 9.90 Å². The second kappa shape index (κ2) is 10.3. The van der Waals surface area contributed by atoms with E-state index in [4.69, 9.17) is 0 Å². The molecule has 2 aliphatic heterocycles. The molecule has 4 rings (SSSR count). The lowest BCUT2D eigenvalue weighted by molar-refractivity contribution is 0.157. The molecule has 1 aromatic carbocycles. The Balaban J connectivity index is 1.15. The van der Waals surface area contributed by atoms with E-state index in [0.29, 0.717) is 12.6 Å². The zero-order valence-corrected chi connectivity index (χ0v) is 18.3. The van der Waals surface area contributed by atoms with Gasteiger partial charge in [-0.25, -0.2) is 4.79 Å². The van der Waals surface area contributed by atoms with Gasteiger partial charge in [-0.1, -0.05) is 0 Å². The van der Waals surface area contributed by atoms with Crippen LogP contribution in [0.15, 0.2) is 35.7 Å². The number of urea groups is 1. The zero-order valence-electron chi connectivity index (χ0n) is 17.5. The van der Waals surface area contributed by atoms with Crippen molar-refractivity contribution in [1.82, 2.24) is 10.2 Å². The number of aliphatic hydroxyl groups is 1. The van der Waals surface area contributed by atoms with Gasteiger partial charge in [-0.3, -0.25) is 4.90 Å². The number of hydrogen-bond donors (Lipinski definition) is 3. The van der Waals surface area contributed by atoms with E-state index in [1.165, 1.54) is 22.5 Å². The number of thiophene rings is 1. The summed E-state index contributed by atoms with van der Waals surface area (Å²) in [6, 6.07) is 10.5. The molecule has 0 spiro atoms. The molecule has 1 atom stereocenters. The highest BCUT2D eigenvalue weighted by atomic mass is 32.1. The second-order valence-electron chi connectivity index (χ2n) is 8.19. The minimum absolute atomic E-state index is 0.155. The first kappa shape index (κ1) is 21.2. The number of anilines is 2. The molecule has 2 aliphatic rings. The highest BCUT2D eigenvalue weighted by Gasteiger charge is 2.22. The minimum Gasteiger partial charge on any atom is -0.395 e. The van der Waals surface area contributed by atoms with E-state index in [2.05, 4.69) is 44.0 Å². The van der Waals surface area contributed by atoms with Crippen LogP contribution in [0.1, 0.15) is 36.1 Å². The average Bonchev–Trinajstić information content (AvgIpc) is 3.42. The molecular weight excluding hydrogens is 396 g/mol.